The number of sulfonamides is 1. The summed E-state index contributed by atoms with van der Waals surface area (Å²) in [5, 5.41) is 0. The van der Waals surface area contributed by atoms with E-state index in [4.69, 9.17) is 4.74 Å². The molecule has 7 heteroatoms. The molecule has 0 aliphatic carbocycles. The Hall–Kier alpha value is -3.16. The van der Waals surface area contributed by atoms with Crippen molar-refractivity contribution in [3.05, 3.63) is 90.0 Å². The molecule has 0 N–H and O–H groups in total. The van der Waals surface area contributed by atoms with E-state index in [1.54, 1.807) is 17.0 Å². The van der Waals surface area contributed by atoms with Crippen molar-refractivity contribution in [1.29, 1.82) is 0 Å². The number of nitrogens with zero attached hydrogens (tertiary/aromatic N) is 2. The van der Waals surface area contributed by atoms with Crippen LogP contribution in [0.1, 0.15) is 18.1 Å². The van der Waals surface area contributed by atoms with Gasteiger partial charge in [-0.3, -0.25) is 4.79 Å². The number of benzene rings is 3. The van der Waals surface area contributed by atoms with Crippen molar-refractivity contribution < 1.29 is 17.9 Å². The first-order valence-electron chi connectivity index (χ1n) is 11.0. The summed E-state index contributed by atoms with van der Waals surface area (Å²) >= 11 is 0. The second-order valence-corrected chi connectivity index (χ2v) is 10.1. The monoisotopic (exact) mass is 464 g/mol. The predicted octanol–water partition coefficient (Wildman–Crippen LogP) is 3.91. The van der Waals surface area contributed by atoms with Gasteiger partial charge in [-0.25, -0.2) is 8.42 Å². The molecule has 6 nitrogen and oxygen atoms in total. The lowest BCUT2D eigenvalue weighted by Crippen LogP contribution is -2.45. The summed E-state index contributed by atoms with van der Waals surface area (Å²) in [4.78, 5) is 15.3. The van der Waals surface area contributed by atoms with Gasteiger partial charge in [0, 0.05) is 18.3 Å². The summed E-state index contributed by atoms with van der Waals surface area (Å²) in [6.45, 7) is 1.97. The Morgan fingerprint density at radius 3 is 2.36 bits per heavy atom. The van der Waals surface area contributed by atoms with Crippen molar-refractivity contribution in [3.8, 4) is 5.75 Å². The number of hydrogen-bond acceptors (Lipinski definition) is 4. The number of methoxy groups -OCH3 is 1. The Balaban J connectivity index is 1.61. The molecule has 1 atom stereocenters. The molecule has 0 bridgehead atoms. The van der Waals surface area contributed by atoms with E-state index in [2.05, 4.69) is 0 Å². The van der Waals surface area contributed by atoms with Gasteiger partial charge in [0.05, 0.1) is 18.6 Å². The molecule has 1 aliphatic rings. The zero-order valence-electron chi connectivity index (χ0n) is 18.8. The summed E-state index contributed by atoms with van der Waals surface area (Å²) < 4.78 is 33.5. The van der Waals surface area contributed by atoms with Gasteiger partial charge < -0.3 is 9.64 Å². The maximum atomic E-state index is 13.5. The number of carbonyl (C=O) groups is 1. The van der Waals surface area contributed by atoms with Crippen LogP contribution in [0, 0.1) is 0 Å². The Morgan fingerprint density at radius 1 is 1.00 bits per heavy atom. The molecule has 0 spiro atoms. The zero-order valence-corrected chi connectivity index (χ0v) is 19.7. The Labute approximate surface area is 195 Å². The first-order valence-corrected chi connectivity index (χ1v) is 12.4. The fraction of sp³-hybridized carbons (Fsp3) is 0.269. The molecule has 0 saturated carbocycles. The van der Waals surface area contributed by atoms with Crippen LogP contribution in [0.4, 0.5) is 5.69 Å². The molecule has 172 valence electrons. The molecule has 0 unspecified atom stereocenters. The van der Waals surface area contributed by atoms with E-state index in [0.717, 1.165) is 23.2 Å². The molecule has 33 heavy (non-hydrogen) atoms. The van der Waals surface area contributed by atoms with Crippen LogP contribution in [0.5, 0.6) is 5.75 Å². The van der Waals surface area contributed by atoms with Gasteiger partial charge in [0.25, 0.3) is 0 Å². The van der Waals surface area contributed by atoms with Gasteiger partial charge in [-0.05, 0) is 61.2 Å². The fourth-order valence-electron chi connectivity index (χ4n) is 4.25. The number of rotatable bonds is 8. The molecule has 1 aliphatic heterocycles. The smallest absolute Gasteiger partial charge is 0.243 e. The number of carbonyl (C=O) groups excluding carboxylic acids is 1. The van der Waals surface area contributed by atoms with Gasteiger partial charge in [0.15, 0.2) is 0 Å². The standard InChI is InChI=1S/C26H28N2O4S/c1-20-18-22-10-6-7-11-25(22)28(20)26(29)19-27(17-16-21-8-4-3-5-9-21)33(30,31)24-14-12-23(32-2)13-15-24/h3-15,20H,16-19H2,1-2H3/t20-/m0/s1. The average Bonchev–Trinajstić information content (AvgIpc) is 3.18. The molecule has 1 amide bonds. The summed E-state index contributed by atoms with van der Waals surface area (Å²) in [5.41, 5.74) is 2.98. The lowest BCUT2D eigenvalue weighted by molar-refractivity contribution is -0.119. The van der Waals surface area contributed by atoms with Crippen molar-refractivity contribution in [2.45, 2.75) is 30.7 Å². The van der Waals surface area contributed by atoms with Crippen molar-refractivity contribution in [3.63, 3.8) is 0 Å². The second-order valence-electron chi connectivity index (χ2n) is 8.20. The third kappa shape index (κ3) is 4.94. The quantitative estimate of drug-likeness (QED) is 0.507. The molecular formula is C26H28N2O4S. The highest BCUT2D eigenvalue weighted by atomic mass is 32.2. The van der Waals surface area contributed by atoms with E-state index in [9.17, 15) is 13.2 Å². The third-order valence-corrected chi connectivity index (χ3v) is 7.84. The normalized spacial score (nSPS) is 15.5. The van der Waals surface area contributed by atoms with Crippen LogP contribution in [0.2, 0.25) is 0 Å². The number of ether oxygens (including phenoxy) is 1. The number of hydrogen-bond donors (Lipinski definition) is 0. The largest absolute Gasteiger partial charge is 0.497 e. The summed E-state index contributed by atoms with van der Waals surface area (Å²) in [7, 11) is -2.35. The Bertz CT molecular complexity index is 1210. The Morgan fingerprint density at radius 2 is 1.67 bits per heavy atom. The van der Waals surface area contributed by atoms with E-state index in [-0.39, 0.29) is 29.9 Å². The Kier molecular flexibility index (Phi) is 6.81. The third-order valence-electron chi connectivity index (χ3n) is 5.98. The van der Waals surface area contributed by atoms with Crippen LogP contribution in [0.25, 0.3) is 0 Å². The molecule has 0 aromatic heterocycles. The van der Waals surface area contributed by atoms with Crippen molar-refractivity contribution in [1.82, 2.24) is 4.31 Å². The maximum absolute atomic E-state index is 13.5. The number of anilines is 1. The molecule has 3 aromatic rings. The molecule has 0 fully saturated rings. The van der Waals surface area contributed by atoms with E-state index in [0.29, 0.717) is 12.2 Å². The maximum Gasteiger partial charge on any atom is 0.243 e. The zero-order chi connectivity index (χ0) is 23.4. The summed E-state index contributed by atoms with van der Waals surface area (Å²) in [5.74, 6) is 0.348. The van der Waals surface area contributed by atoms with Crippen LogP contribution in [-0.2, 0) is 27.7 Å². The molecule has 4 rings (SSSR count). The predicted molar refractivity (Wildman–Crippen MR) is 129 cm³/mol. The van der Waals surface area contributed by atoms with Crippen molar-refractivity contribution >= 4 is 21.6 Å². The highest BCUT2D eigenvalue weighted by molar-refractivity contribution is 7.89. The van der Waals surface area contributed by atoms with Crippen LogP contribution >= 0.6 is 0 Å². The first kappa shape index (κ1) is 23.0. The van der Waals surface area contributed by atoms with Gasteiger partial charge in [-0.1, -0.05) is 48.5 Å². The minimum atomic E-state index is -3.89. The molecule has 0 saturated heterocycles. The number of amides is 1. The van der Waals surface area contributed by atoms with E-state index in [1.807, 2.05) is 61.5 Å². The highest BCUT2D eigenvalue weighted by Gasteiger charge is 2.34. The van der Waals surface area contributed by atoms with Crippen LogP contribution in [-0.4, -0.2) is 44.9 Å². The van der Waals surface area contributed by atoms with E-state index >= 15 is 0 Å². The van der Waals surface area contributed by atoms with Gasteiger partial charge >= 0.3 is 0 Å². The topological polar surface area (TPSA) is 66.9 Å². The van der Waals surface area contributed by atoms with Gasteiger partial charge in [0.1, 0.15) is 5.75 Å². The molecule has 3 aromatic carbocycles. The fourth-order valence-corrected chi connectivity index (χ4v) is 5.64. The molecule has 1 heterocycles. The first-order chi connectivity index (χ1) is 15.9. The molecular weight excluding hydrogens is 436 g/mol. The van der Waals surface area contributed by atoms with Gasteiger partial charge in [-0.15, -0.1) is 0 Å². The minimum Gasteiger partial charge on any atom is -0.497 e. The lowest BCUT2D eigenvalue weighted by Gasteiger charge is -2.27. The SMILES string of the molecule is COc1ccc(S(=O)(=O)N(CCc2ccccc2)CC(=O)N2c3ccccc3C[C@@H]2C)cc1. The summed E-state index contributed by atoms with van der Waals surface area (Å²) in [6.07, 6.45) is 1.27. The minimum absolute atomic E-state index is 0.0189. The van der Waals surface area contributed by atoms with E-state index < -0.39 is 10.0 Å². The van der Waals surface area contributed by atoms with Crippen LogP contribution < -0.4 is 9.64 Å². The van der Waals surface area contributed by atoms with Crippen molar-refractivity contribution in [2.75, 3.05) is 25.1 Å². The highest BCUT2D eigenvalue weighted by Crippen LogP contribution is 2.32. The summed E-state index contributed by atoms with van der Waals surface area (Å²) in [6, 6.07) is 23.7. The second kappa shape index (κ2) is 9.77. The van der Waals surface area contributed by atoms with Crippen LogP contribution in [0.3, 0.4) is 0 Å². The number of fused-ring (bicyclic) bond motifs is 1. The van der Waals surface area contributed by atoms with Gasteiger partial charge in [0.2, 0.25) is 15.9 Å². The lowest BCUT2D eigenvalue weighted by atomic mass is 10.1. The van der Waals surface area contributed by atoms with E-state index in [1.165, 1.54) is 23.5 Å². The van der Waals surface area contributed by atoms with Crippen LogP contribution in [0.15, 0.2) is 83.8 Å². The average molecular weight is 465 g/mol. The van der Waals surface area contributed by atoms with Gasteiger partial charge in [-0.2, -0.15) is 4.31 Å². The molecule has 0 radical (unpaired) electrons. The number of para-hydroxylation sites is 1. The van der Waals surface area contributed by atoms with Crippen molar-refractivity contribution in [2.24, 2.45) is 0 Å².